The van der Waals surface area contributed by atoms with Crippen molar-refractivity contribution in [1.29, 1.82) is 0 Å². The Labute approximate surface area is 213 Å². The van der Waals surface area contributed by atoms with E-state index in [1.54, 1.807) is 16.7 Å². The fraction of sp³-hybridized carbons (Fsp3) is 0.222. The summed E-state index contributed by atoms with van der Waals surface area (Å²) in [6, 6.07) is 18.2. The number of thiazole rings is 1. The van der Waals surface area contributed by atoms with Crippen LogP contribution in [0, 0.1) is 5.92 Å². The van der Waals surface area contributed by atoms with Crippen molar-refractivity contribution in [2.45, 2.75) is 24.1 Å². The molecule has 4 aromatic rings. The van der Waals surface area contributed by atoms with Gasteiger partial charge in [-0.05, 0) is 37.3 Å². The van der Waals surface area contributed by atoms with Gasteiger partial charge in [0.2, 0.25) is 0 Å². The number of hydrogen-bond acceptors (Lipinski definition) is 7. The summed E-state index contributed by atoms with van der Waals surface area (Å²) >= 11 is 7.39. The van der Waals surface area contributed by atoms with E-state index in [2.05, 4.69) is 0 Å². The van der Waals surface area contributed by atoms with E-state index < -0.39 is 29.1 Å². The molecule has 9 heteroatoms. The predicted molar refractivity (Wildman–Crippen MR) is 134 cm³/mol. The van der Waals surface area contributed by atoms with Gasteiger partial charge in [-0.15, -0.1) is 0 Å². The molecule has 0 amide bonds. The summed E-state index contributed by atoms with van der Waals surface area (Å²) in [6.07, 6.45) is 1.72. The molecule has 0 unspecified atom stereocenters. The molecule has 2 aliphatic heterocycles. The van der Waals surface area contributed by atoms with E-state index in [4.69, 9.17) is 30.5 Å². The topological polar surface area (TPSA) is 83.0 Å². The van der Waals surface area contributed by atoms with Crippen LogP contribution in [-0.4, -0.2) is 28.8 Å². The van der Waals surface area contributed by atoms with Gasteiger partial charge in [0.05, 0.1) is 11.6 Å². The van der Waals surface area contributed by atoms with Crippen molar-refractivity contribution in [2.75, 3.05) is 7.11 Å². The van der Waals surface area contributed by atoms with Crippen LogP contribution < -0.4 is 19.6 Å². The maximum atomic E-state index is 13.8. The number of benzene rings is 2. The molecule has 7 nitrogen and oxygen atoms in total. The molecule has 1 aliphatic carbocycles. The van der Waals surface area contributed by atoms with Crippen molar-refractivity contribution < 1.29 is 18.7 Å². The minimum Gasteiger partial charge on any atom is -0.481 e. The molecule has 1 fully saturated rings. The number of para-hydroxylation sites is 1. The Bertz CT molecular complexity index is 1770. The lowest BCUT2D eigenvalue weighted by Crippen LogP contribution is -2.47. The third-order valence-corrected chi connectivity index (χ3v) is 8.68. The molecule has 7 rings (SSSR count). The first-order chi connectivity index (χ1) is 17.4. The number of methoxy groups -OCH3 is 1. The highest BCUT2D eigenvalue weighted by Crippen LogP contribution is 2.70. The van der Waals surface area contributed by atoms with Gasteiger partial charge in [0, 0.05) is 22.2 Å². The first kappa shape index (κ1) is 21.6. The molecule has 4 atom stereocenters. The zero-order valence-corrected chi connectivity index (χ0v) is 20.8. The normalized spacial score (nSPS) is 27.2. The van der Waals surface area contributed by atoms with Crippen LogP contribution in [0.3, 0.4) is 0 Å². The molecule has 1 saturated carbocycles. The summed E-state index contributed by atoms with van der Waals surface area (Å²) in [5, 5.41) is 0.616. The molecule has 2 aromatic carbocycles. The Morgan fingerprint density at radius 1 is 1.19 bits per heavy atom. The molecular formula is C27H19ClN2O5S. The van der Waals surface area contributed by atoms with E-state index >= 15 is 0 Å². The Morgan fingerprint density at radius 3 is 2.83 bits per heavy atom. The van der Waals surface area contributed by atoms with Crippen LogP contribution >= 0.6 is 22.9 Å². The number of hydrogen-bond donors (Lipinski definition) is 0. The lowest BCUT2D eigenvalue weighted by atomic mass is 9.97. The quantitative estimate of drug-likeness (QED) is 0.387. The Balaban J connectivity index is 1.39. The van der Waals surface area contributed by atoms with Gasteiger partial charge < -0.3 is 13.9 Å². The van der Waals surface area contributed by atoms with Crippen LogP contribution in [0.2, 0.25) is 5.02 Å². The first-order valence-electron chi connectivity index (χ1n) is 11.4. The number of nitrogens with zero attached hydrogens (tertiary/aromatic N) is 2. The molecule has 180 valence electrons. The maximum Gasteiger partial charge on any atom is 0.315 e. The Hall–Kier alpha value is -3.62. The van der Waals surface area contributed by atoms with Crippen molar-refractivity contribution in [2.24, 2.45) is 10.9 Å². The number of aromatic nitrogens is 1. The lowest BCUT2D eigenvalue weighted by Gasteiger charge is -2.26. The fourth-order valence-corrected chi connectivity index (χ4v) is 7.09. The van der Waals surface area contributed by atoms with Crippen molar-refractivity contribution >= 4 is 35.0 Å². The van der Waals surface area contributed by atoms with Gasteiger partial charge in [0.25, 0.3) is 5.56 Å². The zero-order chi connectivity index (χ0) is 24.8. The highest BCUT2D eigenvalue weighted by atomic mass is 35.5. The Kier molecular flexibility index (Phi) is 4.34. The van der Waals surface area contributed by atoms with Crippen LogP contribution in [0.25, 0.3) is 17.4 Å². The number of halogens is 1. The molecule has 0 radical (unpaired) electrons. The van der Waals surface area contributed by atoms with Gasteiger partial charge >= 0.3 is 5.97 Å². The molecule has 1 spiro atoms. The molecular weight excluding hydrogens is 500 g/mol. The van der Waals surface area contributed by atoms with Crippen LogP contribution in [0.5, 0.6) is 5.75 Å². The molecule has 2 aromatic heterocycles. The van der Waals surface area contributed by atoms with Gasteiger partial charge in [-0.25, -0.2) is 4.99 Å². The lowest BCUT2D eigenvalue weighted by molar-refractivity contribution is -0.144. The second-order valence-corrected chi connectivity index (χ2v) is 10.8. The third kappa shape index (κ3) is 2.66. The van der Waals surface area contributed by atoms with Crippen LogP contribution in [0.1, 0.15) is 24.3 Å². The third-order valence-electron chi connectivity index (χ3n) is 7.47. The average Bonchev–Trinajstić information content (AvgIpc) is 3.28. The number of fused-ring (bicyclic) bond motifs is 4. The van der Waals surface area contributed by atoms with E-state index in [0.717, 1.165) is 11.1 Å². The fourth-order valence-electron chi connectivity index (χ4n) is 5.82. The summed E-state index contributed by atoms with van der Waals surface area (Å²) in [4.78, 5) is 32.0. The van der Waals surface area contributed by atoms with E-state index in [1.165, 1.54) is 18.4 Å². The van der Waals surface area contributed by atoms with Crippen molar-refractivity contribution in [3.63, 3.8) is 0 Å². The van der Waals surface area contributed by atoms with Gasteiger partial charge in [-0.3, -0.25) is 14.2 Å². The standard InChI is InChI=1S/C27H19ClN2O5S/c1-26-21(24(32)33-2)27(26)22(17-8-3-4-9-19(17)35-27)30-23(31)20(36-25(30)29-26)13-16-10-11-18(34-16)14-6-5-7-15(28)12-14/h3-13,21-22H,1-2H3/b20-13-/t21-,22+,26+,27-/m1/s1. The largest absolute Gasteiger partial charge is 0.481 e. The monoisotopic (exact) mass is 518 g/mol. The highest BCUT2D eigenvalue weighted by Gasteiger charge is 2.88. The van der Waals surface area contributed by atoms with Crippen LogP contribution in [-0.2, 0) is 9.53 Å². The van der Waals surface area contributed by atoms with Crippen LogP contribution in [0.15, 0.2) is 74.9 Å². The zero-order valence-electron chi connectivity index (χ0n) is 19.2. The summed E-state index contributed by atoms with van der Waals surface area (Å²) in [5.41, 5.74) is -0.338. The number of esters is 1. The number of ether oxygens (including phenoxy) is 2. The van der Waals surface area contributed by atoms with E-state index in [-0.39, 0.29) is 5.56 Å². The molecule has 36 heavy (non-hydrogen) atoms. The van der Waals surface area contributed by atoms with Crippen molar-refractivity contribution in [3.05, 3.63) is 96.7 Å². The summed E-state index contributed by atoms with van der Waals surface area (Å²) in [7, 11) is 1.36. The van der Waals surface area contributed by atoms with E-state index in [9.17, 15) is 9.59 Å². The minimum atomic E-state index is -0.997. The van der Waals surface area contributed by atoms with Gasteiger partial charge in [-0.2, -0.15) is 0 Å². The second-order valence-electron chi connectivity index (χ2n) is 9.33. The number of furan rings is 1. The maximum absolute atomic E-state index is 13.8. The number of carbonyl (C=O) groups excluding carboxylic acids is 1. The first-order valence-corrected chi connectivity index (χ1v) is 12.6. The highest BCUT2D eigenvalue weighted by molar-refractivity contribution is 7.07. The van der Waals surface area contributed by atoms with Crippen molar-refractivity contribution in [3.8, 4) is 17.1 Å². The Morgan fingerprint density at radius 2 is 2.03 bits per heavy atom. The summed E-state index contributed by atoms with van der Waals surface area (Å²) in [5.74, 6) is 0.850. The summed E-state index contributed by atoms with van der Waals surface area (Å²) < 4.78 is 19.7. The minimum absolute atomic E-state index is 0.207. The van der Waals surface area contributed by atoms with Gasteiger partial charge in [-0.1, -0.05) is 53.3 Å². The molecule has 3 aliphatic rings. The summed E-state index contributed by atoms with van der Waals surface area (Å²) in [6.45, 7) is 1.90. The molecule has 4 heterocycles. The molecule has 0 N–H and O–H groups in total. The molecule has 0 saturated heterocycles. The van der Waals surface area contributed by atoms with E-state index in [0.29, 0.717) is 31.6 Å². The molecule has 0 bridgehead atoms. The van der Waals surface area contributed by atoms with Gasteiger partial charge in [0.15, 0.2) is 10.4 Å². The smallest absolute Gasteiger partial charge is 0.315 e. The second kappa shape index (κ2) is 7.21. The van der Waals surface area contributed by atoms with Crippen LogP contribution in [0.4, 0.5) is 0 Å². The number of carbonyl (C=O) groups is 1. The SMILES string of the molecule is COC(=O)[C@H]1[C@@]23Oc4ccccc4[C@@H]2n2c(s/c(=C\c4ccc(-c5cccc(Cl)c5)o4)c2=O)=N[C@@]13C. The van der Waals surface area contributed by atoms with Crippen molar-refractivity contribution in [1.82, 2.24) is 4.57 Å². The van der Waals surface area contributed by atoms with Gasteiger partial charge in [0.1, 0.15) is 34.8 Å². The number of rotatable bonds is 3. The predicted octanol–water partition coefficient (Wildman–Crippen LogP) is 3.57. The van der Waals surface area contributed by atoms with E-state index in [1.807, 2.05) is 61.5 Å². The average molecular weight is 519 g/mol.